The first-order valence-electron chi connectivity index (χ1n) is 4.64. The monoisotopic (exact) mass is 193 g/mol. The van der Waals surface area contributed by atoms with Gasteiger partial charge in [-0.2, -0.15) is 0 Å². The zero-order valence-electron chi connectivity index (χ0n) is 8.12. The van der Waals surface area contributed by atoms with Gasteiger partial charge in [0.05, 0.1) is 10.6 Å². The van der Waals surface area contributed by atoms with Crippen LogP contribution >= 0.6 is 0 Å². The summed E-state index contributed by atoms with van der Waals surface area (Å²) in [6.45, 7) is 2.06. The molecule has 0 aromatic heterocycles. The Hall–Kier alpha value is -1.58. The standard InChI is InChI=1S/C10H13N2O2/c1-2-3-4-8-7-9(12(13)14)5-6-10(8)11/h5-7,11H,2-4H2,1H3. The Bertz CT molecular complexity index is 337. The first kappa shape index (κ1) is 10.5. The molecule has 1 N–H and O–H groups in total. The van der Waals surface area contributed by atoms with Gasteiger partial charge in [0.25, 0.3) is 5.69 Å². The van der Waals surface area contributed by atoms with E-state index in [1.54, 1.807) is 0 Å². The number of aryl methyl sites for hydroxylation is 1. The van der Waals surface area contributed by atoms with Crippen LogP contribution in [-0.2, 0) is 6.42 Å². The maximum absolute atomic E-state index is 10.5. The SMILES string of the molecule is CCCCc1cc([N+](=O)[O-])ccc1[NH]. The molecule has 0 spiro atoms. The molecular weight excluding hydrogens is 180 g/mol. The van der Waals surface area contributed by atoms with Crippen molar-refractivity contribution in [2.75, 3.05) is 0 Å². The first-order chi connectivity index (χ1) is 6.65. The van der Waals surface area contributed by atoms with Crippen molar-refractivity contribution in [1.29, 1.82) is 0 Å². The molecule has 0 bridgehead atoms. The fourth-order valence-electron chi connectivity index (χ4n) is 1.27. The Balaban J connectivity index is 2.90. The minimum atomic E-state index is -0.422. The summed E-state index contributed by atoms with van der Waals surface area (Å²) in [4.78, 5) is 10.1. The first-order valence-corrected chi connectivity index (χ1v) is 4.64. The quantitative estimate of drug-likeness (QED) is 0.545. The second-order valence-electron chi connectivity index (χ2n) is 3.20. The lowest BCUT2D eigenvalue weighted by Gasteiger charge is -2.02. The van der Waals surface area contributed by atoms with E-state index in [2.05, 4.69) is 6.92 Å². The molecule has 0 unspecified atom stereocenters. The Labute approximate surface area is 82.9 Å². The van der Waals surface area contributed by atoms with Crippen molar-refractivity contribution in [1.82, 2.24) is 5.73 Å². The molecule has 0 aliphatic carbocycles. The van der Waals surface area contributed by atoms with Crippen molar-refractivity contribution in [3.8, 4) is 0 Å². The van der Waals surface area contributed by atoms with Crippen LogP contribution in [0, 0.1) is 10.1 Å². The fourth-order valence-corrected chi connectivity index (χ4v) is 1.27. The van der Waals surface area contributed by atoms with Gasteiger partial charge in [-0.3, -0.25) is 10.1 Å². The molecule has 0 atom stereocenters. The number of nitro groups is 1. The number of rotatable bonds is 4. The number of hydrogen-bond acceptors (Lipinski definition) is 2. The number of nitro benzene ring substituents is 1. The number of hydrogen-bond donors (Lipinski definition) is 0. The Morgan fingerprint density at radius 2 is 2.21 bits per heavy atom. The third-order valence-electron chi connectivity index (χ3n) is 2.10. The molecule has 0 heterocycles. The molecular formula is C10H13N2O2. The highest BCUT2D eigenvalue weighted by Crippen LogP contribution is 2.22. The Kier molecular flexibility index (Phi) is 3.45. The summed E-state index contributed by atoms with van der Waals surface area (Å²) in [5.74, 6) is 0. The van der Waals surface area contributed by atoms with Gasteiger partial charge in [-0.05, 0) is 24.5 Å². The maximum atomic E-state index is 10.5. The van der Waals surface area contributed by atoms with E-state index in [0.717, 1.165) is 24.8 Å². The van der Waals surface area contributed by atoms with Crippen LogP contribution in [0.25, 0.3) is 0 Å². The minimum absolute atomic E-state index is 0.0760. The van der Waals surface area contributed by atoms with E-state index >= 15 is 0 Å². The molecule has 1 aromatic rings. The number of benzene rings is 1. The summed E-state index contributed by atoms with van der Waals surface area (Å²) < 4.78 is 0. The molecule has 0 aliphatic heterocycles. The van der Waals surface area contributed by atoms with Gasteiger partial charge in [0.2, 0.25) is 0 Å². The topological polar surface area (TPSA) is 66.9 Å². The van der Waals surface area contributed by atoms with Crippen LogP contribution in [0.4, 0.5) is 11.4 Å². The summed E-state index contributed by atoms with van der Waals surface area (Å²) in [5.41, 5.74) is 8.80. The summed E-state index contributed by atoms with van der Waals surface area (Å²) in [6, 6.07) is 4.36. The predicted octanol–water partition coefficient (Wildman–Crippen LogP) is 2.85. The smallest absolute Gasteiger partial charge is 0.269 e. The van der Waals surface area contributed by atoms with E-state index in [9.17, 15) is 10.1 Å². The van der Waals surface area contributed by atoms with Crippen LogP contribution in [0.1, 0.15) is 25.3 Å². The molecule has 1 rings (SSSR count). The lowest BCUT2D eigenvalue weighted by molar-refractivity contribution is -0.384. The van der Waals surface area contributed by atoms with Crippen molar-refractivity contribution in [2.45, 2.75) is 26.2 Å². The van der Waals surface area contributed by atoms with E-state index in [0.29, 0.717) is 5.69 Å². The van der Waals surface area contributed by atoms with Gasteiger partial charge in [0, 0.05) is 12.1 Å². The number of non-ortho nitro benzene ring substituents is 1. The molecule has 0 amide bonds. The summed E-state index contributed by atoms with van der Waals surface area (Å²) in [6.07, 6.45) is 2.74. The van der Waals surface area contributed by atoms with E-state index in [1.165, 1.54) is 18.2 Å². The van der Waals surface area contributed by atoms with Crippen molar-refractivity contribution in [3.05, 3.63) is 33.9 Å². The molecule has 0 saturated carbocycles. The van der Waals surface area contributed by atoms with Gasteiger partial charge < -0.3 is 5.73 Å². The summed E-state index contributed by atoms with van der Waals surface area (Å²) >= 11 is 0. The van der Waals surface area contributed by atoms with Crippen LogP contribution in [-0.4, -0.2) is 4.92 Å². The Morgan fingerprint density at radius 3 is 2.79 bits per heavy atom. The van der Waals surface area contributed by atoms with Gasteiger partial charge in [0.15, 0.2) is 0 Å². The highest BCUT2D eigenvalue weighted by atomic mass is 16.6. The zero-order valence-corrected chi connectivity index (χ0v) is 8.12. The van der Waals surface area contributed by atoms with Gasteiger partial charge in [0.1, 0.15) is 0 Å². The largest absolute Gasteiger partial charge is 0.301 e. The lowest BCUT2D eigenvalue weighted by atomic mass is 10.1. The minimum Gasteiger partial charge on any atom is -0.301 e. The molecule has 4 nitrogen and oxygen atoms in total. The normalized spacial score (nSPS) is 10.1. The molecule has 4 heteroatoms. The van der Waals surface area contributed by atoms with Crippen molar-refractivity contribution in [3.63, 3.8) is 0 Å². The van der Waals surface area contributed by atoms with Gasteiger partial charge >= 0.3 is 0 Å². The fraction of sp³-hybridized carbons (Fsp3) is 0.400. The molecule has 0 fully saturated rings. The molecule has 1 aromatic carbocycles. The molecule has 0 saturated heterocycles. The summed E-state index contributed by atoms with van der Waals surface area (Å²) in [5, 5.41) is 10.5. The van der Waals surface area contributed by atoms with Gasteiger partial charge in [-0.1, -0.05) is 13.3 Å². The predicted molar refractivity (Wildman–Crippen MR) is 54.5 cm³/mol. The van der Waals surface area contributed by atoms with E-state index in [4.69, 9.17) is 5.73 Å². The van der Waals surface area contributed by atoms with Crippen molar-refractivity contribution < 1.29 is 4.92 Å². The zero-order chi connectivity index (χ0) is 10.6. The third kappa shape index (κ3) is 2.45. The second-order valence-corrected chi connectivity index (χ2v) is 3.20. The Morgan fingerprint density at radius 1 is 1.50 bits per heavy atom. The van der Waals surface area contributed by atoms with Crippen LogP contribution in [0.15, 0.2) is 18.2 Å². The molecule has 0 aliphatic rings. The molecule has 14 heavy (non-hydrogen) atoms. The van der Waals surface area contributed by atoms with E-state index in [-0.39, 0.29) is 5.69 Å². The van der Waals surface area contributed by atoms with E-state index in [1.807, 2.05) is 0 Å². The average molecular weight is 193 g/mol. The van der Waals surface area contributed by atoms with Crippen LogP contribution in [0.5, 0.6) is 0 Å². The molecule has 1 radical (unpaired) electrons. The van der Waals surface area contributed by atoms with E-state index < -0.39 is 4.92 Å². The van der Waals surface area contributed by atoms with Crippen LogP contribution < -0.4 is 5.73 Å². The lowest BCUT2D eigenvalue weighted by Crippen LogP contribution is -1.92. The number of unbranched alkanes of at least 4 members (excludes halogenated alkanes) is 1. The number of nitrogens with zero attached hydrogens (tertiary/aromatic N) is 1. The van der Waals surface area contributed by atoms with Crippen LogP contribution in [0.2, 0.25) is 0 Å². The summed E-state index contributed by atoms with van der Waals surface area (Å²) in [7, 11) is 0. The van der Waals surface area contributed by atoms with Gasteiger partial charge in [-0.15, -0.1) is 0 Å². The van der Waals surface area contributed by atoms with Crippen LogP contribution in [0.3, 0.4) is 0 Å². The highest BCUT2D eigenvalue weighted by Gasteiger charge is 2.08. The third-order valence-corrected chi connectivity index (χ3v) is 2.10. The van der Waals surface area contributed by atoms with Crippen molar-refractivity contribution >= 4 is 11.4 Å². The number of nitrogens with one attached hydrogen (secondary N) is 1. The molecule has 75 valence electrons. The van der Waals surface area contributed by atoms with Gasteiger partial charge in [-0.25, -0.2) is 0 Å². The second kappa shape index (κ2) is 4.60. The average Bonchev–Trinajstić information content (AvgIpc) is 2.16. The highest BCUT2D eigenvalue weighted by molar-refractivity contribution is 5.50. The van der Waals surface area contributed by atoms with Crippen molar-refractivity contribution in [2.24, 2.45) is 0 Å². The maximum Gasteiger partial charge on any atom is 0.269 e.